The van der Waals surface area contributed by atoms with Crippen LogP contribution in [0.4, 0.5) is 0 Å². The molecule has 2 atom stereocenters. The van der Waals surface area contributed by atoms with Gasteiger partial charge < -0.3 is 15.4 Å². The van der Waals surface area contributed by atoms with Gasteiger partial charge in [-0.3, -0.25) is 4.79 Å². The molecule has 1 fully saturated rings. The first-order valence-corrected chi connectivity index (χ1v) is 7.22. The van der Waals surface area contributed by atoms with Gasteiger partial charge in [-0.05, 0) is 25.4 Å². The fourth-order valence-corrected chi connectivity index (χ4v) is 2.25. The molecule has 0 spiro atoms. The van der Waals surface area contributed by atoms with Crippen LogP contribution in [0.5, 0.6) is 0 Å². The predicted octanol–water partition coefficient (Wildman–Crippen LogP) is 0.623. The molecule has 0 saturated carbocycles. The molecule has 1 saturated heterocycles. The third-order valence-electron chi connectivity index (χ3n) is 2.58. The van der Waals surface area contributed by atoms with E-state index in [1.165, 1.54) is 0 Å². The van der Waals surface area contributed by atoms with E-state index in [0.717, 1.165) is 25.3 Å². The second-order valence-corrected chi connectivity index (χ2v) is 5.14. The molecule has 0 bridgehead atoms. The maximum atomic E-state index is 11.7. The van der Waals surface area contributed by atoms with Gasteiger partial charge in [0.1, 0.15) is 0 Å². The third kappa shape index (κ3) is 5.72. The second-order valence-electron chi connectivity index (χ2n) is 4.15. The lowest BCUT2D eigenvalue weighted by Crippen LogP contribution is -2.42. The summed E-state index contributed by atoms with van der Waals surface area (Å²) in [7, 11) is 0. The number of hydrogen-bond donors (Lipinski definition) is 2. The molecular weight excluding hydrogens is 224 g/mol. The summed E-state index contributed by atoms with van der Waals surface area (Å²) in [5.41, 5.74) is 0. The highest BCUT2D eigenvalue weighted by Crippen LogP contribution is 2.03. The quantitative estimate of drug-likeness (QED) is 0.721. The largest absolute Gasteiger partial charge is 0.375 e. The lowest BCUT2D eigenvalue weighted by Gasteiger charge is -2.23. The maximum absolute atomic E-state index is 11.7. The van der Waals surface area contributed by atoms with E-state index in [0.29, 0.717) is 13.0 Å². The zero-order chi connectivity index (χ0) is 11.8. The van der Waals surface area contributed by atoms with Crippen molar-refractivity contribution in [3.8, 4) is 0 Å². The van der Waals surface area contributed by atoms with Gasteiger partial charge in [-0.1, -0.05) is 0 Å². The Morgan fingerprint density at radius 1 is 1.69 bits per heavy atom. The highest BCUT2D eigenvalue weighted by atomic mass is 32.2. The van der Waals surface area contributed by atoms with Crippen LogP contribution in [0.3, 0.4) is 0 Å². The summed E-state index contributed by atoms with van der Waals surface area (Å²) >= 11 is 1.81. The molecular formula is C11H22N2O2S. The summed E-state index contributed by atoms with van der Waals surface area (Å²) in [5.74, 6) is 1.19. The number of rotatable bonds is 6. The lowest BCUT2D eigenvalue weighted by atomic mass is 10.2. The standard InChI is InChI=1S/C11H22N2O2S/c1-9(3-6-16-2)13-11(14)7-10-8-12-4-5-15-10/h9-10,12H,3-8H2,1-2H3,(H,13,14). The summed E-state index contributed by atoms with van der Waals surface area (Å²) in [5, 5.41) is 6.22. The van der Waals surface area contributed by atoms with Crippen LogP contribution in [-0.2, 0) is 9.53 Å². The van der Waals surface area contributed by atoms with Crippen LogP contribution in [-0.4, -0.2) is 49.8 Å². The first-order valence-electron chi connectivity index (χ1n) is 5.83. The Bertz CT molecular complexity index is 208. The topological polar surface area (TPSA) is 50.4 Å². The Hall–Kier alpha value is -0.260. The summed E-state index contributed by atoms with van der Waals surface area (Å²) in [4.78, 5) is 11.7. The smallest absolute Gasteiger partial charge is 0.222 e. The molecule has 16 heavy (non-hydrogen) atoms. The van der Waals surface area contributed by atoms with Crippen LogP contribution < -0.4 is 10.6 Å². The lowest BCUT2D eigenvalue weighted by molar-refractivity contribution is -0.125. The monoisotopic (exact) mass is 246 g/mol. The number of nitrogens with one attached hydrogen (secondary N) is 2. The average Bonchev–Trinajstić information content (AvgIpc) is 2.27. The molecule has 1 aliphatic heterocycles. The highest BCUT2D eigenvalue weighted by Gasteiger charge is 2.18. The van der Waals surface area contributed by atoms with Gasteiger partial charge in [-0.2, -0.15) is 11.8 Å². The molecule has 0 aromatic rings. The minimum Gasteiger partial charge on any atom is -0.375 e. The number of hydrogen-bond acceptors (Lipinski definition) is 4. The molecule has 5 heteroatoms. The van der Waals surface area contributed by atoms with E-state index < -0.39 is 0 Å². The number of ether oxygens (including phenoxy) is 1. The molecule has 0 aromatic carbocycles. The molecule has 4 nitrogen and oxygen atoms in total. The molecule has 1 heterocycles. The third-order valence-corrected chi connectivity index (χ3v) is 3.22. The predicted molar refractivity (Wildman–Crippen MR) is 67.8 cm³/mol. The van der Waals surface area contributed by atoms with Gasteiger partial charge >= 0.3 is 0 Å². The van der Waals surface area contributed by atoms with Crippen LogP contribution in [0.2, 0.25) is 0 Å². The summed E-state index contributed by atoms with van der Waals surface area (Å²) in [6, 6.07) is 0.261. The van der Waals surface area contributed by atoms with Crippen molar-refractivity contribution in [2.75, 3.05) is 31.7 Å². The van der Waals surface area contributed by atoms with Gasteiger partial charge in [0.2, 0.25) is 5.91 Å². The van der Waals surface area contributed by atoms with Crippen LogP contribution in [0.25, 0.3) is 0 Å². The minimum atomic E-state index is 0.0431. The number of thioether (sulfide) groups is 1. The molecule has 2 N–H and O–H groups in total. The fourth-order valence-electron chi connectivity index (χ4n) is 1.66. The zero-order valence-electron chi connectivity index (χ0n) is 10.1. The fraction of sp³-hybridized carbons (Fsp3) is 0.909. The summed E-state index contributed by atoms with van der Waals surface area (Å²) in [6.07, 6.45) is 3.62. The van der Waals surface area contributed by atoms with Crippen molar-refractivity contribution in [3.05, 3.63) is 0 Å². The number of morpholine rings is 1. The summed E-state index contributed by atoms with van der Waals surface area (Å²) < 4.78 is 5.48. The molecule has 2 unspecified atom stereocenters. The van der Waals surface area contributed by atoms with Crippen molar-refractivity contribution < 1.29 is 9.53 Å². The summed E-state index contributed by atoms with van der Waals surface area (Å²) in [6.45, 7) is 4.43. The first-order chi connectivity index (χ1) is 7.72. The molecule has 1 rings (SSSR count). The van der Waals surface area contributed by atoms with Crippen molar-refractivity contribution in [3.63, 3.8) is 0 Å². The van der Waals surface area contributed by atoms with Crippen LogP contribution in [0.15, 0.2) is 0 Å². The molecule has 0 aliphatic carbocycles. The van der Waals surface area contributed by atoms with E-state index in [1.807, 2.05) is 6.92 Å². The Morgan fingerprint density at radius 2 is 2.50 bits per heavy atom. The van der Waals surface area contributed by atoms with E-state index in [2.05, 4.69) is 16.9 Å². The van der Waals surface area contributed by atoms with Crippen molar-refractivity contribution in [2.45, 2.75) is 31.9 Å². The Morgan fingerprint density at radius 3 is 3.12 bits per heavy atom. The van der Waals surface area contributed by atoms with Gasteiger partial charge in [-0.15, -0.1) is 0 Å². The van der Waals surface area contributed by atoms with Gasteiger partial charge in [0.25, 0.3) is 0 Å². The Kier molecular flexibility index (Phi) is 6.84. The highest BCUT2D eigenvalue weighted by molar-refractivity contribution is 7.98. The molecule has 1 amide bonds. The Labute approximate surface area is 102 Å². The first kappa shape index (κ1) is 13.8. The van der Waals surface area contributed by atoms with Crippen molar-refractivity contribution in [2.24, 2.45) is 0 Å². The minimum absolute atomic E-state index is 0.0431. The van der Waals surface area contributed by atoms with E-state index in [1.54, 1.807) is 11.8 Å². The SMILES string of the molecule is CSCCC(C)NC(=O)CC1CNCCO1. The number of carbonyl (C=O) groups is 1. The zero-order valence-corrected chi connectivity index (χ0v) is 10.9. The van der Waals surface area contributed by atoms with Crippen molar-refractivity contribution >= 4 is 17.7 Å². The van der Waals surface area contributed by atoms with Crippen LogP contribution in [0, 0.1) is 0 Å². The van der Waals surface area contributed by atoms with Crippen LogP contribution >= 0.6 is 11.8 Å². The van der Waals surface area contributed by atoms with Gasteiger partial charge in [0.15, 0.2) is 0 Å². The number of carbonyl (C=O) groups excluding carboxylic acids is 1. The van der Waals surface area contributed by atoms with Gasteiger partial charge in [0, 0.05) is 19.1 Å². The van der Waals surface area contributed by atoms with E-state index in [9.17, 15) is 4.79 Å². The molecule has 0 radical (unpaired) electrons. The van der Waals surface area contributed by atoms with Gasteiger partial charge in [-0.25, -0.2) is 0 Å². The number of amides is 1. The van der Waals surface area contributed by atoms with Crippen molar-refractivity contribution in [1.82, 2.24) is 10.6 Å². The van der Waals surface area contributed by atoms with E-state index in [-0.39, 0.29) is 18.1 Å². The maximum Gasteiger partial charge on any atom is 0.222 e. The average molecular weight is 246 g/mol. The van der Waals surface area contributed by atoms with Gasteiger partial charge in [0.05, 0.1) is 19.1 Å². The van der Waals surface area contributed by atoms with Crippen molar-refractivity contribution in [1.29, 1.82) is 0 Å². The van der Waals surface area contributed by atoms with E-state index >= 15 is 0 Å². The molecule has 94 valence electrons. The normalized spacial score (nSPS) is 22.8. The second kappa shape index (κ2) is 7.92. The Balaban J connectivity index is 2.13. The van der Waals surface area contributed by atoms with E-state index in [4.69, 9.17) is 4.74 Å². The molecule has 0 aromatic heterocycles. The molecule has 1 aliphatic rings. The van der Waals surface area contributed by atoms with Crippen LogP contribution in [0.1, 0.15) is 19.8 Å².